The Hall–Kier alpha value is -1.41. The fraction of sp³-hybridized carbons (Fsp3) is 0.357. The summed E-state index contributed by atoms with van der Waals surface area (Å²) in [5.41, 5.74) is -2.19. The lowest BCUT2D eigenvalue weighted by atomic mass is 10.2. The first-order valence-electron chi connectivity index (χ1n) is 6.72. The number of aromatic nitrogens is 2. The molecule has 10 heteroatoms. The molecule has 1 aliphatic rings. The Balaban J connectivity index is 2.17. The highest BCUT2D eigenvalue weighted by atomic mass is 35.5. The Kier molecular flexibility index (Phi) is 4.03. The Morgan fingerprint density at radius 1 is 0.917 bits per heavy atom. The molecular weight excluding hydrogens is 381 g/mol. The largest absolute Gasteiger partial charge is 0.435 e. The van der Waals surface area contributed by atoms with Gasteiger partial charge in [-0.1, -0.05) is 23.2 Å². The molecule has 1 aromatic heterocycles. The van der Waals surface area contributed by atoms with Gasteiger partial charge in [-0.05, 0) is 31.0 Å². The summed E-state index contributed by atoms with van der Waals surface area (Å²) in [5, 5.41) is 2.62. The Morgan fingerprint density at radius 3 is 1.88 bits per heavy atom. The van der Waals surface area contributed by atoms with Crippen LogP contribution in [0.3, 0.4) is 0 Å². The molecule has 0 atom stereocenters. The van der Waals surface area contributed by atoms with Gasteiger partial charge >= 0.3 is 12.4 Å². The van der Waals surface area contributed by atoms with Gasteiger partial charge in [-0.25, -0.2) is 4.68 Å². The summed E-state index contributed by atoms with van der Waals surface area (Å²) in [7, 11) is 0. The Bertz CT molecular complexity index is 767. The second kappa shape index (κ2) is 5.56. The van der Waals surface area contributed by atoms with Gasteiger partial charge < -0.3 is 0 Å². The van der Waals surface area contributed by atoms with Gasteiger partial charge in [0.2, 0.25) is 0 Å². The van der Waals surface area contributed by atoms with E-state index in [9.17, 15) is 26.3 Å². The van der Waals surface area contributed by atoms with Crippen molar-refractivity contribution in [1.82, 2.24) is 9.78 Å². The first-order valence-corrected chi connectivity index (χ1v) is 7.48. The van der Waals surface area contributed by atoms with Crippen molar-refractivity contribution in [2.45, 2.75) is 31.1 Å². The zero-order valence-corrected chi connectivity index (χ0v) is 13.2. The molecule has 1 aliphatic carbocycles. The maximum absolute atomic E-state index is 12.9. The van der Waals surface area contributed by atoms with Crippen molar-refractivity contribution in [2.24, 2.45) is 0 Å². The SMILES string of the molecule is FC(F)(F)c1cc(Cl)c(-n2nc(C(F)(F)F)cc2C2CC2)c(Cl)c1. The Labute approximate surface area is 142 Å². The summed E-state index contributed by atoms with van der Waals surface area (Å²) in [5.74, 6) is -0.150. The summed E-state index contributed by atoms with van der Waals surface area (Å²) < 4.78 is 77.9. The number of alkyl halides is 6. The quantitative estimate of drug-likeness (QED) is 0.568. The second-order valence-corrected chi connectivity index (χ2v) is 6.24. The van der Waals surface area contributed by atoms with Crippen LogP contribution in [0.4, 0.5) is 26.3 Å². The molecule has 130 valence electrons. The fourth-order valence-electron chi connectivity index (χ4n) is 2.31. The molecule has 0 bridgehead atoms. The van der Waals surface area contributed by atoms with Crippen molar-refractivity contribution < 1.29 is 26.3 Å². The molecule has 1 aromatic carbocycles. The van der Waals surface area contributed by atoms with E-state index < -0.39 is 33.7 Å². The molecule has 0 spiro atoms. The lowest BCUT2D eigenvalue weighted by Crippen LogP contribution is -2.10. The lowest BCUT2D eigenvalue weighted by Gasteiger charge is -2.14. The average Bonchev–Trinajstić information content (AvgIpc) is 3.16. The first kappa shape index (κ1) is 17.4. The molecule has 2 aromatic rings. The Morgan fingerprint density at radius 2 is 1.46 bits per heavy atom. The van der Waals surface area contributed by atoms with E-state index >= 15 is 0 Å². The summed E-state index contributed by atoms with van der Waals surface area (Å²) in [6.45, 7) is 0. The van der Waals surface area contributed by atoms with Crippen LogP contribution in [0, 0.1) is 0 Å². The number of halogens is 8. The van der Waals surface area contributed by atoms with E-state index in [2.05, 4.69) is 5.10 Å². The molecule has 0 aliphatic heterocycles. The molecule has 1 saturated carbocycles. The highest BCUT2D eigenvalue weighted by Crippen LogP contribution is 2.45. The lowest BCUT2D eigenvalue weighted by molar-refractivity contribution is -0.141. The van der Waals surface area contributed by atoms with E-state index in [0.29, 0.717) is 25.0 Å². The number of benzene rings is 1. The van der Waals surface area contributed by atoms with Gasteiger partial charge in [0.25, 0.3) is 0 Å². The predicted molar refractivity (Wildman–Crippen MR) is 75.6 cm³/mol. The first-order chi connectivity index (χ1) is 11.0. The standard InChI is InChI=1S/C14H8Cl2F6N2/c15-8-3-7(13(17,18)19)4-9(16)12(8)24-10(6-1-2-6)5-11(23-24)14(20,21)22/h3-6H,1-2H2. The highest BCUT2D eigenvalue weighted by Gasteiger charge is 2.39. The van der Waals surface area contributed by atoms with Crippen LogP contribution in [0.5, 0.6) is 0 Å². The van der Waals surface area contributed by atoms with Gasteiger partial charge in [0.15, 0.2) is 5.69 Å². The highest BCUT2D eigenvalue weighted by molar-refractivity contribution is 6.37. The summed E-state index contributed by atoms with van der Waals surface area (Å²) >= 11 is 11.7. The zero-order chi connectivity index (χ0) is 17.9. The molecule has 1 heterocycles. The maximum Gasteiger partial charge on any atom is 0.435 e. The minimum atomic E-state index is -4.68. The van der Waals surface area contributed by atoms with E-state index in [1.807, 2.05) is 0 Å². The molecular formula is C14H8Cl2F6N2. The maximum atomic E-state index is 12.9. The van der Waals surface area contributed by atoms with Crippen LogP contribution in [0.1, 0.15) is 35.7 Å². The van der Waals surface area contributed by atoms with E-state index in [1.165, 1.54) is 0 Å². The molecule has 0 amide bonds. The third kappa shape index (κ3) is 3.21. The minimum absolute atomic E-state index is 0.150. The minimum Gasteiger partial charge on any atom is -0.234 e. The van der Waals surface area contributed by atoms with E-state index in [4.69, 9.17) is 23.2 Å². The van der Waals surface area contributed by atoms with Gasteiger partial charge in [-0.2, -0.15) is 31.4 Å². The summed E-state index contributed by atoms with van der Waals surface area (Å²) in [4.78, 5) is 0. The molecule has 0 radical (unpaired) electrons. The number of nitrogens with zero attached hydrogens (tertiary/aromatic N) is 2. The third-order valence-electron chi connectivity index (χ3n) is 3.58. The van der Waals surface area contributed by atoms with Crippen molar-refractivity contribution in [2.75, 3.05) is 0 Å². The fourth-order valence-corrected chi connectivity index (χ4v) is 2.96. The molecule has 2 nitrogen and oxygen atoms in total. The van der Waals surface area contributed by atoms with Gasteiger partial charge in [0.1, 0.15) is 5.69 Å². The van der Waals surface area contributed by atoms with Gasteiger partial charge in [0.05, 0.1) is 15.6 Å². The van der Waals surface area contributed by atoms with Crippen LogP contribution in [0.25, 0.3) is 5.69 Å². The smallest absolute Gasteiger partial charge is 0.234 e. The van der Waals surface area contributed by atoms with E-state index in [-0.39, 0.29) is 17.3 Å². The monoisotopic (exact) mass is 388 g/mol. The van der Waals surface area contributed by atoms with Crippen molar-refractivity contribution in [3.05, 3.63) is 45.2 Å². The normalized spacial score (nSPS) is 15.8. The van der Waals surface area contributed by atoms with Crippen molar-refractivity contribution >= 4 is 23.2 Å². The van der Waals surface area contributed by atoms with Gasteiger partial charge in [-0.3, -0.25) is 0 Å². The second-order valence-electron chi connectivity index (χ2n) is 5.42. The van der Waals surface area contributed by atoms with Crippen LogP contribution in [0.2, 0.25) is 10.0 Å². The van der Waals surface area contributed by atoms with Crippen molar-refractivity contribution in [1.29, 1.82) is 0 Å². The van der Waals surface area contributed by atoms with Crippen LogP contribution in [-0.2, 0) is 12.4 Å². The summed E-state index contributed by atoms with van der Waals surface area (Å²) in [6.07, 6.45) is -8.02. The van der Waals surface area contributed by atoms with Gasteiger partial charge in [-0.15, -0.1) is 0 Å². The van der Waals surface area contributed by atoms with E-state index in [0.717, 1.165) is 10.7 Å². The molecule has 24 heavy (non-hydrogen) atoms. The average molecular weight is 389 g/mol. The molecule has 0 saturated heterocycles. The van der Waals surface area contributed by atoms with Crippen molar-refractivity contribution in [3.8, 4) is 5.69 Å². The molecule has 3 rings (SSSR count). The summed E-state index contributed by atoms with van der Waals surface area (Å²) in [6, 6.07) is 2.12. The molecule has 1 fully saturated rings. The number of hydrogen-bond acceptors (Lipinski definition) is 1. The van der Waals surface area contributed by atoms with Crippen LogP contribution >= 0.6 is 23.2 Å². The van der Waals surface area contributed by atoms with Crippen LogP contribution in [-0.4, -0.2) is 9.78 Å². The third-order valence-corrected chi connectivity index (χ3v) is 4.16. The topological polar surface area (TPSA) is 17.8 Å². The van der Waals surface area contributed by atoms with Crippen molar-refractivity contribution in [3.63, 3.8) is 0 Å². The molecule has 0 N–H and O–H groups in total. The van der Waals surface area contributed by atoms with E-state index in [1.54, 1.807) is 0 Å². The zero-order valence-electron chi connectivity index (χ0n) is 11.6. The van der Waals surface area contributed by atoms with Crippen LogP contribution < -0.4 is 0 Å². The van der Waals surface area contributed by atoms with Gasteiger partial charge in [0, 0.05) is 11.6 Å². The number of hydrogen-bond donors (Lipinski definition) is 0. The predicted octanol–water partition coefficient (Wildman–Crippen LogP) is 6.09. The molecule has 0 unspecified atom stereocenters. The van der Waals surface area contributed by atoms with Crippen LogP contribution in [0.15, 0.2) is 18.2 Å². The number of rotatable bonds is 2.